The van der Waals surface area contributed by atoms with Crippen LogP contribution < -0.4 is 0 Å². The van der Waals surface area contributed by atoms with Crippen LogP contribution in [0.1, 0.15) is 22.8 Å². The molecule has 1 heterocycles. The van der Waals surface area contributed by atoms with Crippen LogP contribution in [0, 0.1) is 5.92 Å². The van der Waals surface area contributed by atoms with E-state index in [1.54, 1.807) is 37.3 Å². The van der Waals surface area contributed by atoms with Crippen molar-refractivity contribution in [1.29, 1.82) is 0 Å². The largest absolute Gasteiger partial charge is 0.497 e. The third kappa shape index (κ3) is 2.50. The molecule has 0 spiro atoms. The van der Waals surface area contributed by atoms with Crippen LogP contribution >= 0.6 is 0 Å². The summed E-state index contributed by atoms with van der Waals surface area (Å²) >= 11 is 0. The molecule has 6 heteroatoms. The van der Waals surface area contributed by atoms with Gasteiger partial charge in [0.2, 0.25) is 0 Å². The first-order valence-electron chi connectivity index (χ1n) is 7.55. The average molecular weight is 327 g/mol. The van der Waals surface area contributed by atoms with Gasteiger partial charge in [-0.2, -0.15) is 0 Å². The van der Waals surface area contributed by atoms with E-state index in [-0.39, 0.29) is 6.61 Å². The minimum absolute atomic E-state index is 0.276. The zero-order chi connectivity index (χ0) is 17.3. The standard InChI is InChI=1S/C18H17NO5/c1-4-24-18(21)13-9-10(22-2)8-12-15-11(17(20)23-3)6-5-7-14(15)19-16(12)13/h5-9,13H,4H2,1-3H3. The molecule has 0 amide bonds. The molecule has 0 bridgehead atoms. The number of benzene rings is 1. The van der Waals surface area contributed by atoms with E-state index in [4.69, 9.17) is 14.2 Å². The van der Waals surface area contributed by atoms with Gasteiger partial charge in [0.15, 0.2) is 0 Å². The van der Waals surface area contributed by atoms with Crippen molar-refractivity contribution < 1.29 is 23.8 Å². The summed E-state index contributed by atoms with van der Waals surface area (Å²) in [6.45, 7) is 2.02. The molecule has 1 unspecified atom stereocenters. The minimum Gasteiger partial charge on any atom is -0.497 e. The van der Waals surface area contributed by atoms with Crippen molar-refractivity contribution in [2.45, 2.75) is 6.92 Å². The Labute approximate surface area is 139 Å². The number of aliphatic imine (C=N–C) groups is 1. The lowest BCUT2D eigenvalue weighted by molar-refractivity contribution is -0.144. The fourth-order valence-corrected chi connectivity index (χ4v) is 2.87. The Hall–Kier alpha value is -2.89. The number of hydrogen-bond donors (Lipinski definition) is 0. The first kappa shape index (κ1) is 16.0. The topological polar surface area (TPSA) is 74.2 Å². The molecule has 0 saturated heterocycles. The number of methoxy groups -OCH3 is 2. The summed E-state index contributed by atoms with van der Waals surface area (Å²) in [6, 6.07) is 5.20. The Morgan fingerprint density at radius 3 is 2.71 bits per heavy atom. The first-order valence-corrected chi connectivity index (χ1v) is 7.55. The normalized spacial score (nSPS) is 17.8. The maximum absolute atomic E-state index is 12.3. The minimum atomic E-state index is -0.669. The molecule has 0 aromatic heterocycles. The number of fused-ring (bicyclic) bond motifs is 3. The Bertz CT molecular complexity index is 804. The predicted molar refractivity (Wildman–Crippen MR) is 88.1 cm³/mol. The molecule has 2 aliphatic rings. The number of hydrogen-bond acceptors (Lipinski definition) is 6. The summed E-state index contributed by atoms with van der Waals surface area (Å²) in [5.41, 5.74) is 2.92. The van der Waals surface area contributed by atoms with Crippen LogP contribution in [0.15, 0.2) is 41.1 Å². The summed E-state index contributed by atoms with van der Waals surface area (Å²) in [7, 11) is 2.85. The molecule has 1 atom stereocenters. The maximum atomic E-state index is 12.3. The van der Waals surface area contributed by atoms with E-state index in [1.807, 2.05) is 0 Å². The second kappa shape index (κ2) is 6.31. The lowest BCUT2D eigenvalue weighted by atomic mass is 9.87. The van der Waals surface area contributed by atoms with Crippen molar-refractivity contribution in [1.82, 2.24) is 0 Å². The number of carbonyl (C=O) groups excluding carboxylic acids is 2. The van der Waals surface area contributed by atoms with Gasteiger partial charge in [0, 0.05) is 11.1 Å². The Kier molecular flexibility index (Phi) is 4.20. The van der Waals surface area contributed by atoms with Gasteiger partial charge in [0.25, 0.3) is 0 Å². The average Bonchev–Trinajstić information content (AvgIpc) is 2.98. The van der Waals surface area contributed by atoms with Crippen molar-refractivity contribution >= 4 is 28.9 Å². The van der Waals surface area contributed by atoms with E-state index in [9.17, 15) is 9.59 Å². The highest BCUT2D eigenvalue weighted by atomic mass is 16.5. The number of carbonyl (C=O) groups is 2. The third-order valence-corrected chi connectivity index (χ3v) is 3.92. The number of nitrogens with zero attached hydrogens (tertiary/aromatic N) is 1. The third-order valence-electron chi connectivity index (χ3n) is 3.92. The van der Waals surface area contributed by atoms with Gasteiger partial charge >= 0.3 is 11.9 Å². The van der Waals surface area contributed by atoms with Gasteiger partial charge in [-0.3, -0.25) is 9.79 Å². The van der Waals surface area contributed by atoms with Crippen LogP contribution in [0.4, 0.5) is 5.69 Å². The summed E-state index contributed by atoms with van der Waals surface area (Å²) in [6.07, 6.45) is 3.44. The quantitative estimate of drug-likeness (QED) is 0.795. The van der Waals surface area contributed by atoms with Gasteiger partial charge in [-0.15, -0.1) is 0 Å². The van der Waals surface area contributed by atoms with E-state index in [0.717, 1.165) is 0 Å². The van der Waals surface area contributed by atoms with E-state index in [1.165, 1.54) is 14.2 Å². The van der Waals surface area contributed by atoms with E-state index < -0.39 is 17.9 Å². The Morgan fingerprint density at radius 1 is 1.25 bits per heavy atom. The molecule has 24 heavy (non-hydrogen) atoms. The van der Waals surface area contributed by atoms with Crippen LogP contribution in [0.25, 0.3) is 5.57 Å². The fraction of sp³-hybridized carbons (Fsp3) is 0.278. The number of ether oxygens (including phenoxy) is 3. The van der Waals surface area contributed by atoms with Crippen molar-refractivity contribution in [3.05, 3.63) is 47.2 Å². The lowest BCUT2D eigenvalue weighted by Crippen LogP contribution is -2.27. The molecular formula is C18H17NO5. The second-order valence-electron chi connectivity index (χ2n) is 5.25. The van der Waals surface area contributed by atoms with Gasteiger partial charge in [-0.1, -0.05) is 6.07 Å². The van der Waals surface area contributed by atoms with Crippen molar-refractivity contribution in [2.24, 2.45) is 10.9 Å². The molecule has 1 aliphatic carbocycles. The molecular weight excluding hydrogens is 310 g/mol. The van der Waals surface area contributed by atoms with Gasteiger partial charge in [-0.05, 0) is 31.2 Å². The number of allylic oxidation sites excluding steroid dienone is 2. The fourth-order valence-electron chi connectivity index (χ4n) is 2.87. The van der Waals surface area contributed by atoms with Crippen LogP contribution in [-0.4, -0.2) is 38.5 Å². The Balaban J connectivity index is 2.13. The van der Waals surface area contributed by atoms with Crippen molar-refractivity contribution in [2.75, 3.05) is 20.8 Å². The molecule has 1 aliphatic heterocycles. The summed E-state index contributed by atoms with van der Waals surface area (Å²) in [5.74, 6) is -0.999. The van der Waals surface area contributed by atoms with E-state index in [2.05, 4.69) is 4.99 Å². The highest BCUT2D eigenvalue weighted by Crippen LogP contribution is 2.42. The summed E-state index contributed by atoms with van der Waals surface area (Å²) < 4.78 is 15.3. The molecule has 124 valence electrons. The van der Waals surface area contributed by atoms with Crippen LogP contribution in [-0.2, 0) is 19.0 Å². The molecule has 0 saturated carbocycles. The SMILES string of the molecule is CCOC(=O)C1C=C(OC)C=C2C1=Nc1cccc(C(=O)OC)c12. The number of rotatable bonds is 4. The summed E-state index contributed by atoms with van der Waals surface area (Å²) in [4.78, 5) is 28.9. The molecule has 3 rings (SSSR count). The van der Waals surface area contributed by atoms with Gasteiger partial charge in [0.05, 0.1) is 37.8 Å². The van der Waals surface area contributed by atoms with E-state index >= 15 is 0 Å². The van der Waals surface area contributed by atoms with Crippen molar-refractivity contribution in [3.63, 3.8) is 0 Å². The smallest absolute Gasteiger partial charge is 0.338 e. The molecule has 1 aromatic rings. The van der Waals surface area contributed by atoms with Crippen molar-refractivity contribution in [3.8, 4) is 0 Å². The molecule has 1 aromatic carbocycles. The first-order chi connectivity index (χ1) is 11.6. The highest BCUT2D eigenvalue weighted by Gasteiger charge is 2.37. The maximum Gasteiger partial charge on any atom is 0.338 e. The van der Waals surface area contributed by atoms with Gasteiger partial charge < -0.3 is 14.2 Å². The summed E-state index contributed by atoms with van der Waals surface area (Å²) in [5, 5.41) is 0. The van der Waals surface area contributed by atoms with E-state index in [0.29, 0.717) is 33.9 Å². The highest BCUT2D eigenvalue weighted by molar-refractivity contribution is 6.36. The molecule has 0 radical (unpaired) electrons. The van der Waals surface area contributed by atoms with Crippen LogP contribution in [0.5, 0.6) is 0 Å². The van der Waals surface area contributed by atoms with Crippen LogP contribution in [0.2, 0.25) is 0 Å². The predicted octanol–water partition coefficient (Wildman–Crippen LogP) is 2.67. The lowest BCUT2D eigenvalue weighted by Gasteiger charge is -2.20. The van der Waals surface area contributed by atoms with Crippen LogP contribution in [0.3, 0.4) is 0 Å². The zero-order valence-corrected chi connectivity index (χ0v) is 13.7. The Morgan fingerprint density at radius 2 is 2.04 bits per heavy atom. The monoisotopic (exact) mass is 327 g/mol. The van der Waals surface area contributed by atoms with Gasteiger partial charge in [0.1, 0.15) is 11.7 Å². The molecule has 0 N–H and O–H groups in total. The zero-order valence-electron chi connectivity index (χ0n) is 13.7. The van der Waals surface area contributed by atoms with Gasteiger partial charge in [-0.25, -0.2) is 4.79 Å². The second-order valence-corrected chi connectivity index (χ2v) is 5.25. The molecule has 0 fully saturated rings. The molecule has 6 nitrogen and oxygen atoms in total. The number of esters is 2.